The Balaban J connectivity index is 1.80. The van der Waals surface area contributed by atoms with Crippen molar-refractivity contribution in [1.29, 1.82) is 0 Å². The van der Waals surface area contributed by atoms with E-state index in [1.165, 1.54) is 5.56 Å². The maximum absolute atomic E-state index is 6.27. The van der Waals surface area contributed by atoms with E-state index in [1.54, 1.807) is 0 Å². The molecule has 2 heterocycles. The number of hydrogen-bond donors (Lipinski definition) is 1. The Labute approximate surface area is 182 Å². The number of imidazole rings is 1. The second-order valence-electron chi connectivity index (χ2n) is 8.05. The number of nitrogens with zero attached hydrogens (tertiary/aromatic N) is 3. The highest BCUT2D eigenvalue weighted by atomic mass is 35.5. The van der Waals surface area contributed by atoms with Gasteiger partial charge in [0.15, 0.2) is 0 Å². The molecule has 154 valence electrons. The van der Waals surface area contributed by atoms with Gasteiger partial charge in [0.25, 0.3) is 0 Å². The number of pyridine rings is 1. The van der Waals surface area contributed by atoms with Crippen LogP contribution in [0.3, 0.4) is 0 Å². The summed E-state index contributed by atoms with van der Waals surface area (Å²) in [5.41, 5.74) is 13.2. The van der Waals surface area contributed by atoms with Crippen LogP contribution >= 0.6 is 11.6 Å². The third-order valence-electron chi connectivity index (χ3n) is 5.48. The van der Waals surface area contributed by atoms with Crippen LogP contribution in [-0.4, -0.2) is 20.3 Å². The normalized spacial score (nSPS) is 11.7. The van der Waals surface area contributed by atoms with Crippen LogP contribution in [0.1, 0.15) is 30.7 Å². The van der Waals surface area contributed by atoms with Gasteiger partial charge < -0.3 is 10.1 Å². The van der Waals surface area contributed by atoms with Gasteiger partial charge in [0.2, 0.25) is 0 Å². The summed E-state index contributed by atoms with van der Waals surface area (Å²) in [5, 5.41) is 0.765. The number of aryl methyl sites for hydroxylation is 1. The molecule has 0 fully saturated rings. The highest BCUT2D eigenvalue weighted by Gasteiger charge is 2.20. The van der Waals surface area contributed by atoms with Crippen molar-refractivity contribution < 1.29 is 0 Å². The van der Waals surface area contributed by atoms with Gasteiger partial charge in [0.05, 0.1) is 11.4 Å². The average Bonchev–Trinajstić information content (AvgIpc) is 3.08. The van der Waals surface area contributed by atoms with Crippen LogP contribution in [0.15, 0.2) is 66.9 Å². The molecule has 0 bridgehead atoms. The molecular formula is C25H27ClN4. The van der Waals surface area contributed by atoms with Crippen molar-refractivity contribution >= 4 is 22.9 Å². The van der Waals surface area contributed by atoms with Gasteiger partial charge >= 0.3 is 0 Å². The molecule has 0 aliphatic heterocycles. The molecular weight excluding hydrogens is 392 g/mol. The van der Waals surface area contributed by atoms with Gasteiger partial charge in [0, 0.05) is 41.6 Å². The minimum Gasteiger partial charge on any atom is -0.398 e. The van der Waals surface area contributed by atoms with Crippen LogP contribution in [0.2, 0.25) is 5.02 Å². The number of fused-ring (bicyclic) bond motifs is 1. The molecule has 0 unspecified atom stereocenters. The smallest absolute Gasteiger partial charge is 0.137 e. The standard InChI is InChI=1S/C25H27ClN4/c1-17(2)29(14-19-7-5-4-6-8-19)16-23-25(20-9-11-22(26)18(3)13-20)28-24-12-10-21(27)15-30(23)24/h4-13,15,17H,14,16,27H2,1-3H3. The zero-order valence-electron chi connectivity index (χ0n) is 17.6. The lowest BCUT2D eigenvalue weighted by Crippen LogP contribution is -2.30. The average molecular weight is 419 g/mol. The highest BCUT2D eigenvalue weighted by molar-refractivity contribution is 6.31. The van der Waals surface area contributed by atoms with E-state index in [2.05, 4.69) is 59.5 Å². The first-order chi connectivity index (χ1) is 14.4. The zero-order chi connectivity index (χ0) is 21.3. The molecule has 4 rings (SSSR count). The molecule has 2 N–H and O–H groups in total. The van der Waals surface area contributed by atoms with Gasteiger partial charge in [-0.1, -0.05) is 48.0 Å². The number of benzene rings is 2. The van der Waals surface area contributed by atoms with Crippen LogP contribution in [0.4, 0.5) is 5.69 Å². The van der Waals surface area contributed by atoms with E-state index >= 15 is 0 Å². The van der Waals surface area contributed by atoms with Gasteiger partial charge in [0.1, 0.15) is 5.65 Å². The van der Waals surface area contributed by atoms with Crippen molar-refractivity contribution in [3.63, 3.8) is 0 Å². The fraction of sp³-hybridized carbons (Fsp3) is 0.240. The van der Waals surface area contributed by atoms with Gasteiger partial charge in [-0.15, -0.1) is 0 Å². The van der Waals surface area contributed by atoms with Crippen LogP contribution in [0, 0.1) is 6.92 Å². The lowest BCUT2D eigenvalue weighted by Gasteiger charge is -2.27. The minimum absolute atomic E-state index is 0.372. The number of nitrogen functional groups attached to an aromatic ring is 1. The van der Waals surface area contributed by atoms with E-state index in [0.29, 0.717) is 6.04 Å². The van der Waals surface area contributed by atoms with Crippen molar-refractivity contribution in [3.8, 4) is 11.3 Å². The number of aromatic nitrogens is 2. The predicted molar refractivity (Wildman–Crippen MR) is 126 cm³/mol. The van der Waals surface area contributed by atoms with Gasteiger partial charge in [-0.3, -0.25) is 4.90 Å². The predicted octanol–water partition coefficient (Wildman–Crippen LogP) is 5.96. The first kappa shape index (κ1) is 20.5. The highest BCUT2D eigenvalue weighted by Crippen LogP contribution is 2.30. The zero-order valence-corrected chi connectivity index (χ0v) is 18.4. The van der Waals surface area contributed by atoms with Crippen LogP contribution in [-0.2, 0) is 13.1 Å². The van der Waals surface area contributed by atoms with Gasteiger partial charge in [-0.25, -0.2) is 4.98 Å². The molecule has 0 spiro atoms. The molecule has 2 aromatic carbocycles. The first-order valence-corrected chi connectivity index (χ1v) is 10.6. The second kappa shape index (κ2) is 8.50. The molecule has 5 heteroatoms. The maximum atomic E-state index is 6.27. The summed E-state index contributed by atoms with van der Waals surface area (Å²) in [4.78, 5) is 7.40. The van der Waals surface area contributed by atoms with Gasteiger partial charge in [-0.2, -0.15) is 0 Å². The first-order valence-electron chi connectivity index (χ1n) is 10.2. The van der Waals surface area contributed by atoms with Crippen molar-refractivity contribution in [2.45, 2.75) is 39.9 Å². The molecule has 0 saturated carbocycles. The SMILES string of the molecule is Cc1cc(-c2nc3ccc(N)cn3c2CN(Cc2ccccc2)C(C)C)ccc1Cl. The molecule has 0 aliphatic carbocycles. The van der Waals surface area contributed by atoms with Crippen molar-refractivity contribution in [2.75, 3.05) is 5.73 Å². The van der Waals surface area contributed by atoms with Crippen LogP contribution < -0.4 is 5.73 Å². The number of hydrogen-bond acceptors (Lipinski definition) is 3. The molecule has 2 aromatic heterocycles. The summed E-state index contributed by atoms with van der Waals surface area (Å²) in [7, 11) is 0. The molecule has 4 aromatic rings. The Morgan fingerprint density at radius 1 is 1.03 bits per heavy atom. The monoisotopic (exact) mass is 418 g/mol. The van der Waals surface area contributed by atoms with Crippen LogP contribution in [0.25, 0.3) is 16.9 Å². The van der Waals surface area contributed by atoms with E-state index in [-0.39, 0.29) is 0 Å². The molecule has 4 nitrogen and oxygen atoms in total. The Bertz CT molecular complexity index is 1160. The molecule has 0 radical (unpaired) electrons. The second-order valence-corrected chi connectivity index (χ2v) is 8.45. The maximum Gasteiger partial charge on any atom is 0.137 e. The number of anilines is 1. The summed E-state index contributed by atoms with van der Waals surface area (Å²) in [6.45, 7) is 8.11. The molecule has 30 heavy (non-hydrogen) atoms. The van der Waals surface area contributed by atoms with Crippen molar-refractivity contribution in [1.82, 2.24) is 14.3 Å². The van der Waals surface area contributed by atoms with E-state index in [9.17, 15) is 0 Å². The number of nitrogens with two attached hydrogens (primary N) is 1. The van der Waals surface area contributed by atoms with Crippen molar-refractivity contribution in [3.05, 3.63) is 88.7 Å². The fourth-order valence-electron chi connectivity index (χ4n) is 3.72. The summed E-state index contributed by atoms with van der Waals surface area (Å²) in [6.07, 6.45) is 1.96. The summed E-state index contributed by atoms with van der Waals surface area (Å²) in [5.74, 6) is 0. The molecule has 0 aliphatic rings. The Kier molecular flexibility index (Phi) is 5.80. The minimum atomic E-state index is 0.372. The summed E-state index contributed by atoms with van der Waals surface area (Å²) in [6, 6.07) is 20.9. The fourth-order valence-corrected chi connectivity index (χ4v) is 3.83. The van der Waals surface area contributed by atoms with E-state index in [4.69, 9.17) is 22.3 Å². The Morgan fingerprint density at radius 2 is 1.80 bits per heavy atom. The van der Waals surface area contributed by atoms with E-state index in [0.717, 1.165) is 52.0 Å². The number of rotatable bonds is 6. The molecule has 0 atom stereocenters. The number of halogens is 1. The topological polar surface area (TPSA) is 46.6 Å². The van der Waals surface area contributed by atoms with Crippen molar-refractivity contribution in [2.24, 2.45) is 0 Å². The Hall–Kier alpha value is -2.82. The summed E-state index contributed by atoms with van der Waals surface area (Å²) < 4.78 is 2.12. The lowest BCUT2D eigenvalue weighted by molar-refractivity contribution is 0.201. The summed E-state index contributed by atoms with van der Waals surface area (Å²) >= 11 is 6.27. The van der Waals surface area contributed by atoms with E-state index < -0.39 is 0 Å². The third kappa shape index (κ3) is 4.20. The van der Waals surface area contributed by atoms with E-state index in [1.807, 2.05) is 37.4 Å². The Morgan fingerprint density at radius 3 is 2.50 bits per heavy atom. The molecule has 0 saturated heterocycles. The van der Waals surface area contributed by atoms with Crippen LogP contribution in [0.5, 0.6) is 0 Å². The quantitative estimate of drug-likeness (QED) is 0.420. The largest absolute Gasteiger partial charge is 0.398 e. The lowest BCUT2D eigenvalue weighted by atomic mass is 10.1. The third-order valence-corrected chi connectivity index (χ3v) is 5.91. The van der Waals surface area contributed by atoms with Gasteiger partial charge in [-0.05, 0) is 56.2 Å². The molecule has 0 amide bonds.